The van der Waals surface area contributed by atoms with Crippen LogP contribution in [0.4, 0.5) is 5.82 Å². The van der Waals surface area contributed by atoms with Gasteiger partial charge in [0.05, 0.1) is 6.20 Å². The van der Waals surface area contributed by atoms with Crippen LogP contribution in [-0.4, -0.2) is 22.4 Å². The van der Waals surface area contributed by atoms with Gasteiger partial charge >= 0.3 is 0 Å². The molecular weight excluding hydrogens is 276 g/mol. The second kappa shape index (κ2) is 7.45. The summed E-state index contributed by atoms with van der Waals surface area (Å²) in [5, 5.41) is 6.30. The largest absolute Gasteiger partial charge is 0.368 e. The topological polar surface area (TPSA) is 66.9 Å². The second-order valence-corrected chi connectivity index (χ2v) is 4.57. The van der Waals surface area contributed by atoms with Crippen LogP contribution in [0.1, 0.15) is 12.0 Å². The lowest BCUT2D eigenvalue weighted by atomic mass is 10.2. The molecule has 0 aliphatic rings. The average molecular weight is 291 g/mol. The van der Waals surface area contributed by atoms with Crippen LogP contribution >= 0.6 is 11.6 Å². The van der Waals surface area contributed by atoms with E-state index < -0.39 is 0 Å². The zero-order valence-electron chi connectivity index (χ0n) is 10.8. The summed E-state index contributed by atoms with van der Waals surface area (Å²) >= 11 is 5.89. The van der Waals surface area contributed by atoms with Crippen molar-refractivity contribution < 1.29 is 4.79 Å². The van der Waals surface area contributed by atoms with Gasteiger partial charge in [0.25, 0.3) is 0 Å². The van der Waals surface area contributed by atoms with Crippen molar-refractivity contribution >= 4 is 23.3 Å². The van der Waals surface area contributed by atoms with E-state index in [1.54, 1.807) is 0 Å². The number of aromatic nitrogens is 2. The molecule has 0 aliphatic heterocycles. The summed E-state index contributed by atoms with van der Waals surface area (Å²) in [6.07, 6.45) is 3.27. The molecule has 0 spiro atoms. The van der Waals surface area contributed by atoms with Crippen molar-refractivity contribution in [1.29, 1.82) is 0 Å². The number of rotatable bonds is 6. The lowest BCUT2D eigenvalue weighted by Gasteiger charge is -2.07. The highest BCUT2D eigenvalue weighted by Gasteiger charge is 2.03. The van der Waals surface area contributed by atoms with Gasteiger partial charge in [-0.3, -0.25) is 4.79 Å². The number of hydrogen-bond donors (Lipinski definition) is 2. The van der Waals surface area contributed by atoms with Crippen LogP contribution in [-0.2, 0) is 11.3 Å². The molecule has 20 heavy (non-hydrogen) atoms. The quantitative estimate of drug-likeness (QED) is 0.856. The highest BCUT2D eigenvalue weighted by Crippen LogP contribution is 2.15. The fraction of sp³-hybridized carbons (Fsp3) is 0.214. The van der Waals surface area contributed by atoms with Crippen LogP contribution in [0.2, 0.25) is 5.02 Å². The number of amides is 1. The molecule has 0 saturated carbocycles. The van der Waals surface area contributed by atoms with Gasteiger partial charge in [0.15, 0.2) is 0 Å². The van der Waals surface area contributed by atoms with E-state index in [9.17, 15) is 4.79 Å². The molecule has 0 atom stereocenters. The SMILES string of the molecule is O=C(CCNc1ncncc1Cl)NCc1ccccc1. The number of carbonyl (C=O) groups is 1. The van der Waals surface area contributed by atoms with Crippen LogP contribution in [0.3, 0.4) is 0 Å². The molecule has 104 valence electrons. The second-order valence-electron chi connectivity index (χ2n) is 4.16. The van der Waals surface area contributed by atoms with E-state index in [1.807, 2.05) is 30.3 Å². The molecule has 1 heterocycles. The minimum absolute atomic E-state index is 0.0217. The number of anilines is 1. The molecule has 0 bridgehead atoms. The molecule has 5 nitrogen and oxygen atoms in total. The molecule has 0 unspecified atom stereocenters. The highest BCUT2D eigenvalue weighted by atomic mass is 35.5. The summed E-state index contributed by atoms with van der Waals surface area (Å²) in [4.78, 5) is 19.4. The first-order valence-corrected chi connectivity index (χ1v) is 6.63. The normalized spacial score (nSPS) is 10.1. The molecule has 1 amide bonds. The van der Waals surface area contributed by atoms with Gasteiger partial charge < -0.3 is 10.6 Å². The van der Waals surface area contributed by atoms with Crippen molar-refractivity contribution in [3.63, 3.8) is 0 Å². The summed E-state index contributed by atoms with van der Waals surface area (Å²) in [7, 11) is 0. The molecule has 2 N–H and O–H groups in total. The van der Waals surface area contributed by atoms with Gasteiger partial charge in [0.1, 0.15) is 17.2 Å². The van der Waals surface area contributed by atoms with Gasteiger partial charge in [-0.05, 0) is 5.56 Å². The summed E-state index contributed by atoms with van der Waals surface area (Å²) in [5.41, 5.74) is 1.08. The lowest BCUT2D eigenvalue weighted by molar-refractivity contribution is -0.121. The third kappa shape index (κ3) is 4.51. The zero-order valence-corrected chi connectivity index (χ0v) is 11.6. The molecule has 0 saturated heterocycles. The first-order chi connectivity index (χ1) is 9.75. The Labute approximate surface area is 122 Å². The standard InChI is InChI=1S/C14H15ClN4O/c15-12-9-16-10-19-14(12)17-7-6-13(20)18-8-11-4-2-1-3-5-11/h1-5,9-10H,6-8H2,(H,18,20)(H,16,17,19). The van der Waals surface area contributed by atoms with E-state index in [0.29, 0.717) is 30.4 Å². The summed E-state index contributed by atoms with van der Waals surface area (Å²) in [6.45, 7) is 1.01. The Morgan fingerprint density at radius 2 is 2.05 bits per heavy atom. The highest BCUT2D eigenvalue weighted by molar-refractivity contribution is 6.32. The molecule has 2 rings (SSSR count). The van der Waals surface area contributed by atoms with Crippen LogP contribution in [0.15, 0.2) is 42.9 Å². The molecular formula is C14H15ClN4O. The Balaban J connectivity index is 1.69. The van der Waals surface area contributed by atoms with Crippen molar-refractivity contribution in [3.05, 3.63) is 53.4 Å². The number of carbonyl (C=O) groups excluding carboxylic acids is 1. The summed E-state index contributed by atoms with van der Waals surface area (Å²) in [5.74, 6) is 0.518. The molecule has 0 aliphatic carbocycles. The Bertz CT molecular complexity index is 562. The predicted molar refractivity (Wildman–Crippen MR) is 78.4 cm³/mol. The van der Waals surface area contributed by atoms with E-state index in [4.69, 9.17) is 11.6 Å². The van der Waals surface area contributed by atoms with Gasteiger partial charge in [0, 0.05) is 19.5 Å². The molecule has 6 heteroatoms. The van der Waals surface area contributed by atoms with Crippen molar-refractivity contribution in [2.45, 2.75) is 13.0 Å². The van der Waals surface area contributed by atoms with Crippen molar-refractivity contribution in [2.24, 2.45) is 0 Å². The molecule has 1 aromatic heterocycles. The Morgan fingerprint density at radius 3 is 2.80 bits per heavy atom. The maximum absolute atomic E-state index is 11.7. The molecule has 2 aromatic rings. The predicted octanol–water partition coefficient (Wildman–Crippen LogP) is 2.25. The average Bonchev–Trinajstić information content (AvgIpc) is 2.48. The number of benzene rings is 1. The van der Waals surface area contributed by atoms with Crippen LogP contribution in [0.5, 0.6) is 0 Å². The fourth-order valence-electron chi connectivity index (χ4n) is 1.62. The molecule has 0 radical (unpaired) electrons. The Morgan fingerprint density at radius 1 is 1.25 bits per heavy atom. The van der Waals surface area contributed by atoms with Gasteiger partial charge in [-0.2, -0.15) is 0 Å². The van der Waals surface area contributed by atoms with Crippen molar-refractivity contribution in [1.82, 2.24) is 15.3 Å². The van der Waals surface area contributed by atoms with E-state index in [2.05, 4.69) is 20.6 Å². The zero-order chi connectivity index (χ0) is 14.2. The van der Waals surface area contributed by atoms with E-state index >= 15 is 0 Å². The Hall–Kier alpha value is -2.14. The van der Waals surface area contributed by atoms with Crippen LogP contribution in [0, 0.1) is 0 Å². The third-order valence-electron chi connectivity index (χ3n) is 2.64. The summed E-state index contributed by atoms with van der Waals surface area (Å²) in [6, 6.07) is 9.78. The van der Waals surface area contributed by atoms with Crippen LogP contribution < -0.4 is 10.6 Å². The monoisotopic (exact) mass is 290 g/mol. The van der Waals surface area contributed by atoms with Crippen molar-refractivity contribution in [2.75, 3.05) is 11.9 Å². The molecule has 0 fully saturated rings. The number of nitrogens with one attached hydrogen (secondary N) is 2. The van der Waals surface area contributed by atoms with Gasteiger partial charge in [-0.15, -0.1) is 0 Å². The van der Waals surface area contributed by atoms with E-state index in [0.717, 1.165) is 5.56 Å². The number of hydrogen-bond acceptors (Lipinski definition) is 4. The summed E-state index contributed by atoms with van der Waals surface area (Å²) < 4.78 is 0. The number of nitrogens with zero attached hydrogens (tertiary/aromatic N) is 2. The number of halogens is 1. The van der Waals surface area contributed by atoms with E-state index in [-0.39, 0.29) is 5.91 Å². The maximum atomic E-state index is 11.7. The first kappa shape index (κ1) is 14.3. The minimum atomic E-state index is -0.0217. The van der Waals surface area contributed by atoms with E-state index in [1.165, 1.54) is 12.5 Å². The maximum Gasteiger partial charge on any atom is 0.222 e. The minimum Gasteiger partial charge on any atom is -0.368 e. The van der Waals surface area contributed by atoms with Gasteiger partial charge in [-0.1, -0.05) is 41.9 Å². The first-order valence-electron chi connectivity index (χ1n) is 6.25. The smallest absolute Gasteiger partial charge is 0.222 e. The van der Waals surface area contributed by atoms with Gasteiger partial charge in [-0.25, -0.2) is 9.97 Å². The fourth-order valence-corrected chi connectivity index (χ4v) is 1.79. The third-order valence-corrected chi connectivity index (χ3v) is 2.92. The molecule has 1 aromatic carbocycles. The van der Waals surface area contributed by atoms with Crippen LogP contribution in [0.25, 0.3) is 0 Å². The Kier molecular flexibility index (Phi) is 5.32. The van der Waals surface area contributed by atoms with Crippen molar-refractivity contribution in [3.8, 4) is 0 Å². The van der Waals surface area contributed by atoms with Gasteiger partial charge in [0.2, 0.25) is 5.91 Å². The lowest BCUT2D eigenvalue weighted by Crippen LogP contribution is -2.25.